The molecule has 0 atom stereocenters. The van der Waals surface area contributed by atoms with Crippen molar-refractivity contribution in [2.24, 2.45) is 11.8 Å². The molecule has 0 amide bonds. The predicted octanol–water partition coefficient (Wildman–Crippen LogP) is 8.73. The minimum atomic E-state index is 0.753. The van der Waals surface area contributed by atoms with Gasteiger partial charge in [0.2, 0.25) is 0 Å². The molecule has 3 heteroatoms. The molecule has 182 valence electrons. The molecule has 1 aliphatic carbocycles. The highest BCUT2D eigenvalue weighted by Gasteiger charge is 2.20. The lowest BCUT2D eigenvalue weighted by Crippen LogP contribution is -2.15. The van der Waals surface area contributed by atoms with Crippen LogP contribution in [0.4, 0.5) is 0 Å². The fourth-order valence-corrected chi connectivity index (χ4v) is 5.32. The summed E-state index contributed by atoms with van der Waals surface area (Å²) >= 11 is 0. The summed E-state index contributed by atoms with van der Waals surface area (Å²) in [5, 5.41) is 0. The topological polar surface area (TPSA) is 35.0 Å². The Morgan fingerprint density at radius 1 is 0.818 bits per heavy atom. The van der Waals surface area contributed by atoms with Gasteiger partial charge >= 0.3 is 0 Å². The molecule has 0 saturated heterocycles. The van der Waals surface area contributed by atoms with Gasteiger partial charge in [-0.3, -0.25) is 0 Å². The second-order valence-electron chi connectivity index (χ2n) is 10.2. The fraction of sp³-hybridized carbons (Fsp3) is 0.667. The minimum absolute atomic E-state index is 0.753. The zero-order chi connectivity index (χ0) is 23.3. The van der Waals surface area contributed by atoms with Gasteiger partial charge in [-0.05, 0) is 49.1 Å². The SMILES string of the molecule is CCCCCCCCOc1cnc(-c2ccc(CC[C@H]3CC[C@H](CCC)CC3)cc2C)nc1. The van der Waals surface area contributed by atoms with Gasteiger partial charge in [-0.15, -0.1) is 0 Å². The Labute approximate surface area is 202 Å². The molecule has 0 radical (unpaired) electrons. The minimum Gasteiger partial charge on any atom is -0.490 e. The van der Waals surface area contributed by atoms with Crippen molar-refractivity contribution in [1.29, 1.82) is 0 Å². The summed E-state index contributed by atoms with van der Waals surface area (Å²) in [6.07, 6.45) is 22.3. The molecule has 1 aromatic heterocycles. The fourth-order valence-electron chi connectivity index (χ4n) is 5.32. The van der Waals surface area contributed by atoms with Gasteiger partial charge < -0.3 is 4.74 Å². The number of nitrogens with zero attached hydrogens (tertiary/aromatic N) is 2. The van der Waals surface area contributed by atoms with Gasteiger partial charge in [-0.25, -0.2) is 9.97 Å². The lowest BCUT2D eigenvalue weighted by atomic mass is 9.78. The molecule has 0 aliphatic heterocycles. The maximum absolute atomic E-state index is 5.84. The number of aryl methyl sites for hydroxylation is 2. The Balaban J connectivity index is 1.42. The van der Waals surface area contributed by atoms with E-state index in [4.69, 9.17) is 4.74 Å². The zero-order valence-electron chi connectivity index (χ0n) is 21.5. The Kier molecular flexibility index (Phi) is 11.2. The molecule has 3 nitrogen and oxygen atoms in total. The van der Waals surface area contributed by atoms with E-state index in [1.54, 1.807) is 0 Å². The number of rotatable bonds is 14. The van der Waals surface area contributed by atoms with E-state index < -0.39 is 0 Å². The molecule has 1 saturated carbocycles. The molecule has 1 aromatic carbocycles. The van der Waals surface area contributed by atoms with Gasteiger partial charge in [0.1, 0.15) is 0 Å². The number of hydrogen-bond acceptors (Lipinski definition) is 3. The van der Waals surface area contributed by atoms with Crippen LogP contribution in [-0.2, 0) is 6.42 Å². The second-order valence-corrected chi connectivity index (χ2v) is 10.2. The predicted molar refractivity (Wildman–Crippen MR) is 140 cm³/mol. The smallest absolute Gasteiger partial charge is 0.159 e. The highest BCUT2D eigenvalue weighted by atomic mass is 16.5. The summed E-state index contributed by atoms with van der Waals surface area (Å²) in [4.78, 5) is 9.17. The maximum atomic E-state index is 5.84. The van der Waals surface area contributed by atoms with Crippen molar-refractivity contribution in [1.82, 2.24) is 9.97 Å². The van der Waals surface area contributed by atoms with Crippen LogP contribution >= 0.6 is 0 Å². The summed E-state index contributed by atoms with van der Waals surface area (Å²) < 4.78 is 5.84. The zero-order valence-corrected chi connectivity index (χ0v) is 21.5. The Morgan fingerprint density at radius 3 is 2.15 bits per heavy atom. The van der Waals surface area contributed by atoms with Crippen molar-refractivity contribution in [2.45, 2.75) is 111 Å². The van der Waals surface area contributed by atoms with Crippen LogP contribution in [0, 0.1) is 18.8 Å². The van der Waals surface area contributed by atoms with E-state index >= 15 is 0 Å². The molecular weight excluding hydrogens is 404 g/mol. The van der Waals surface area contributed by atoms with E-state index in [9.17, 15) is 0 Å². The first kappa shape index (κ1) is 25.7. The van der Waals surface area contributed by atoms with Gasteiger partial charge in [-0.2, -0.15) is 0 Å². The van der Waals surface area contributed by atoms with Crippen LogP contribution in [0.15, 0.2) is 30.6 Å². The van der Waals surface area contributed by atoms with E-state index in [1.165, 1.54) is 94.6 Å². The largest absolute Gasteiger partial charge is 0.490 e. The van der Waals surface area contributed by atoms with Gasteiger partial charge in [0.15, 0.2) is 11.6 Å². The molecule has 0 unspecified atom stereocenters. The molecule has 33 heavy (non-hydrogen) atoms. The Bertz CT molecular complexity index is 793. The first-order chi connectivity index (χ1) is 16.2. The van der Waals surface area contributed by atoms with Gasteiger partial charge in [0.05, 0.1) is 19.0 Å². The highest BCUT2D eigenvalue weighted by molar-refractivity contribution is 5.60. The van der Waals surface area contributed by atoms with E-state index in [0.717, 1.165) is 42.0 Å². The van der Waals surface area contributed by atoms with Crippen LogP contribution in [0.1, 0.15) is 108 Å². The highest BCUT2D eigenvalue weighted by Crippen LogP contribution is 2.34. The third-order valence-corrected chi connectivity index (χ3v) is 7.43. The first-order valence-corrected chi connectivity index (χ1v) is 13.7. The van der Waals surface area contributed by atoms with Crippen molar-refractivity contribution in [3.8, 4) is 17.1 Å². The van der Waals surface area contributed by atoms with E-state index in [2.05, 4.69) is 48.9 Å². The van der Waals surface area contributed by atoms with Crippen LogP contribution in [0.2, 0.25) is 0 Å². The number of benzene rings is 1. The molecule has 0 bridgehead atoms. The molecule has 0 spiro atoms. The average Bonchev–Trinajstić information content (AvgIpc) is 2.84. The van der Waals surface area contributed by atoms with Crippen LogP contribution in [0.5, 0.6) is 5.75 Å². The van der Waals surface area contributed by atoms with Crippen LogP contribution in [0.25, 0.3) is 11.4 Å². The van der Waals surface area contributed by atoms with Gasteiger partial charge in [-0.1, -0.05) is 103 Å². The standard InChI is InChI=1S/C30H46N2O/c1-4-6-7-8-9-10-20-33-28-22-31-30(32-23-28)29-19-18-27(21-24(29)3)17-16-26-14-12-25(11-5-2)13-15-26/h18-19,21-23,25-26H,4-17,20H2,1-3H3/t25-,26-. The monoisotopic (exact) mass is 450 g/mol. The number of aromatic nitrogens is 2. The third kappa shape index (κ3) is 8.76. The van der Waals surface area contributed by atoms with E-state index in [0.29, 0.717) is 0 Å². The van der Waals surface area contributed by atoms with Gasteiger partial charge in [0, 0.05) is 5.56 Å². The Morgan fingerprint density at radius 2 is 1.48 bits per heavy atom. The van der Waals surface area contributed by atoms with E-state index in [1.807, 2.05) is 12.4 Å². The quantitative estimate of drug-likeness (QED) is 0.270. The van der Waals surface area contributed by atoms with Crippen molar-refractivity contribution < 1.29 is 4.74 Å². The lowest BCUT2D eigenvalue weighted by Gasteiger charge is -2.28. The van der Waals surface area contributed by atoms with Crippen molar-refractivity contribution in [3.63, 3.8) is 0 Å². The molecule has 1 fully saturated rings. The van der Waals surface area contributed by atoms with Crippen LogP contribution in [-0.4, -0.2) is 16.6 Å². The molecule has 1 heterocycles. The first-order valence-electron chi connectivity index (χ1n) is 13.7. The summed E-state index contributed by atoms with van der Waals surface area (Å²) in [5.74, 6) is 3.49. The molecule has 3 rings (SSSR count). The van der Waals surface area contributed by atoms with E-state index in [-0.39, 0.29) is 0 Å². The molecule has 2 aromatic rings. The number of hydrogen-bond donors (Lipinski definition) is 0. The summed E-state index contributed by atoms with van der Waals surface area (Å²) in [6, 6.07) is 6.82. The van der Waals surface area contributed by atoms with Crippen molar-refractivity contribution >= 4 is 0 Å². The summed E-state index contributed by atoms with van der Waals surface area (Å²) in [6.45, 7) is 7.51. The molecular formula is C30H46N2O. The molecule has 0 N–H and O–H groups in total. The molecule has 1 aliphatic rings. The summed E-state index contributed by atoms with van der Waals surface area (Å²) in [5.41, 5.74) is 3.84. The normalized spacial score (nSPS) is 18.4. The second kappa shape index (κ2) is 14.4. The lowest BCUT2D eigenvalue weighted by molar-refractivity contribution is 0.252. The third-order valence-electron chi connectivity index (χ3n) is 7.43. The van der Waals surface area contributed by atoms with Crippen molar-refractivity contribution in [3.05, 3.63) is 41.7 Å². The Hall–Kier alpha value is -1.90. The van der Waals surface area contributed by atoms with Crippen LogP contribution < -0.4 is 4.74 Å². The summed E-state index contributed by atoms with van der Waals surface area (Å²) in [7, 11) is 0. The number of unbranched alkanes of at least 4 members (excludes halogenated alkanes) is 5. The maximum Gasteiger partial charge on any atom is 0.159 e. The van der Waals surface area contributed by atoms with Crippen molar-refractivity contribution in [2.75, 3.05) is 6.61 Å². The van der Waals surface area contributed by atoms with Crippen LogP contribution in [0.3, 0.4) is 0 Å². The average molecular weight is 451 g/mol. The number of ether oxygens (including phenoxy) is 1. The van der Waals surface area contributed by atoms with Gasteiger partial charge in [0.25, 0.3) is 0 Å².